The summed E-state index contributed by atoms with van der Waals surface area (Å²) < 4.78 is 5.96. The third-order valence-electron chi connectivity index (χ3n) is 4.13. The van der Waals surface area contributed by atoms with Gasteiger partial charge in [0.25, 0.3) is 0 Å². The molecule has 1 atom stereocenters. The van der Waals surface area contributed by atoms with E-state index in [0.29, 0.717) is 13.0 Å². The lowest BCUT2D eigenvalue weighted by atomic mass is 9.94. The molecule has 0 aliphatic heterocycles. The lowest BCUT2D eigenvalue weighted by Gasteiger charge is -2.14. The van der Waals surface area contributed by atoms with Crippen LogP contribution in [0.5, 0.6) is 5.75 Å². The predicted octanol–water partition coefficient (Wildman–Crippen LogP) is 5.22. The predicted molar refractivity (Wildman–Crippen MR) is 93.6 cm³/mol. The second kappa shape index (κ2) is 6.98. The van der Waals surface area contributed by atoms with Gasteiger partial charge in [0.2, 0.25) is 0 Å². The third-order valence-corrected chi connectivity index (χ3v) is 4.13. The molecule has 0 N–H and O–H groups in total. The van der Waals surface area contributed by atoms with E-state index in [4.69, 9.17) is 4.74 Å². The maximum absolute atomic E-state index is 9.47. The Balaban J connectivity index is 1.71. The van der Waals surface area contributed by atoms with Gasteiger partial charge in [0, 0.05) is 11.8 Å². The normalized spacial score (nSPS) is 11.8. The first-order valence-corrected chi connectivity index (χ1v) is 7.85. The highest BCUT2D eigenvalue weighted by Crippen LogP contribution is 2.27. The fourth-order valence-corrected chi connectivity index (χ4v) is 2.88. The van der Waals surface area contributed by atoms with Crippen LogP contribution in [0.3, 0.4) is 0 Å². The number of rotatable bonds is 5. The van der Waals surface area contributed by atoms with Crippen molar-refractivity contribution in [1.82, 2.24) is 0 Å². The fourth-order valence-electron chi connectivity index (χ4n) is 2.88. The van der Waals surface area contributed by atoms with Crippen LogP contribution in [0, 0.1) is 18.3 Å². The second-order valence-electron chi connectivity index (χ2n) is 5.65. The highest BCUT2D eigenvalue weighted by atomic mass is 16.5. The van der Waals surface area contributed by atoms with Crippen LogP contribution >= 0.6 is 0 Å². The van der Waals surface area contributed by atoms with E-state index in [1.807, 2.05) is 55.5 Å². The first kappa shape index (κ1) is 15.1. The Labute approximate surface area is 137 Å². The van der Waals surface area contributed by atoms with Gasteiger partial charge in [0.1, 0.15) is 5.75 Å². The molecule has 114 valence electrons. The Morgan fingerprint density at radius 3 is 2.52 bits per heavy atom. The Morgan fingerprint density at radius 2 is 1.70 bits per heavy atom. The first-order chi connectivity index (χ1) is 11.3. The van der Waals surface area contributed by atoms with E-state index in [9.17, 15) is 5.26 Å². The zero-order valence-corrected chi connectivity index (χ0v) is 13.2. The Hall–Kier alpha value is -2.79. The van der Waals surface area contributed by atoms with Crippen LogP contribution in [0.15, 0.2) is 66.7 Å². The molecule has 0 amide bonds. The van der Waals surface area contributed by atoms with Gasteiger partial charge in [-0.05, 0) is 29.5 Å². The molecule has 0 aliphatic carbocycles. The SMILES string of the molecule is Cc1ccccc1C(C#N)CCOc1cccc2ccccc12. The largest absolute Gasteiger partial charge is 0.493 e. The summed E-state index contributed by atoms with van der Waals surface area (Å²) >= 11 is 0. The summed E-state index contributed by atoms with van der Waals surface area (Å²) in [5.41, 5.74) is 2.25. The number of ether oxygens (including phenoxy) is 1. The second-order valence-corrected chi connectivity index (χ2v) is 5.65. The summed E-state index contributed by atoms with van der Waals surface area (Å²) in [7, 11) is 0. The van der Waals surface area contributed by atoms with Gasteiger partial charge in [-0.2, -0.15) is 5.26 Å². The van der Waals surface area contributed by atoms with Gasteiger partial charge in [-0.1, -0.05) is 60.7 Å². The maximum Gasteiger partial charge on any atom is 0.127 e. The van der Waals surface area contributed by atoms with Crippen LogP contribution in [0.2, 0.25) is 0 Å². The molecule has 0 bridgehead atoms. The van der Waals surface area contributed by atoms with Crippen molar-refractivity contribution in [2.45, 2.75) is 19.3 Å². The molecule has 1 unspecified atom stereocenters. The summed E-state index contributed by atoms with van der Waals surface area (Å²) in [6, 6.07) is 24.7. The zero-order valence-electron chi connectivity index (χ0n) is 13.2. The Bertz CT molecular complexity index is 842. The van der Waals surface area contributed by atoms with Crippen molar-refractivity contribution in [3.63, 3.8) is 0 Å². The van der Waals surface area contributed by atoms with E-state index in [1.165, 1.54) is 5.39 Å². The number of hydrogen-bond acceptors (Lipinski definition) is 2. The average molecular weight is 301 g/mol. The standard InChI is InChI=1S/C21H19NO/c1-16-7-2-4-10-19(16)18(15-22)13-14-23-21-12-6-9-17-8-3-5-11-20(17)21/h2-12,18H,13-14H2,1H3. The smallest absolute Gasteiger partial charge is 0.127 e. The molecule has 0 fully saturated rings. The minimum Gasteiger partial charge on any atom is -0.493 e. The molecule has 0 heterocycles. The van der Waals surface area contributed by atoms with Crippen molar-refractivity contribution in [3.05, 3.63) is 77.9 Å². The zero-order chi connectivity index (χ0) is 16.1. The molecule has 2 heteroatoms. The lowest BCUT2D eigenvalue weighted by Crippen LogP contribution is -2.06. The van der Waals surface area contributed by atoms with Crippen molar-refractivity contribution in [2.24, 2.45) is 0 Å². The summed E-state index contributed by atoms with van der Waals surface area (Å²) in [5, 5.41) is 11.7. The van der Waals surface area contributed by atoms with Crippen molar-refractivity contribution in [1.29, 1.82) is 5.26 Å². The molecule has 0 radical (unpaired) electrons. The minimum atomic E-state index is -0.133. The van der Waals surface area contributed by atoms with Gasteiger partial charge in [-0.25, -0.2) is 0 Å². The molecular formula is C21H19NO. The number of nitrogens with zero attached hydrogens (tertiary/aromatic N) is 1. The van der Waals surface area contributed by atoms with Gasteiger partial charge in [0.15, 0.2) is 0 Å². The van der Waals surface area contributed by atoms with Crippen LogP contribution < -0.4 is 4.74 Å². The van der Waals surface area contributed by atoms with Crippen LogP contribution in [0.1, 0.15) is 23.5 Å². The summed E-state index contributed by atoms with van der Waals surface area (Å²) in [5.74, 6) is 0.746. The van der Waals surface area contributed by atoms with Crippen LogP contribution in [0.4, 0.5) is 0 Å². The van der Waals surface area contributed by atoms with E-state index >= 15 is 0 Å². The molecule has 3 aromatic rings. The molecule has 0 spiro atoms. The molecule has 0 aliphatic rings. The Morgan fingerprint density at radius 1 is 0.957 bits per heavy atom. The lowest BCUT2D eigenvalue weighted by molar-refractivity contribution is 0.309. The van der Waals surface area contributed by atoms with E-state index < -0.39 is 0 Å². The molecule has 3 rings (SSSR count). The summed E-state index contributed by atoms with van der Waals surface area (Å²) in [6.07, 6.45) is 0.685. The fraction of sp³-hybridized carbons (Fsp3) is 0.190. The van der Waals surface area contributed by atoms with E-state index in [2.05, 4.69) is 24.3 Å². The topological polar surface area (TPSA) is 33.0 Å². The number of aryl methyl sites for hydroxylation is 1. The molecule has 0 saturated heterocycles. The molecular weight excluding hydrogens is 282 g/mol. The van der Waals surface area contributed by atoms with Crippen LogP contribution in [0.25, 0.3) is 10.8 Å². The summed E-state index contributed by atoms with van der Waals surface area (Å²) in [4.78, 5) is 0. The van der Waals surface area contributed by atoms with Crippen LogP contribution in [-0.4, -0.2) is 6.61 Å². The highest BCUT2D eigenvalue weighted by Gasteiger charge is 2.13. The highest BCUT2D eigenvalue weighted by molar-refractivity contribution is 5.88. The Kier molecular flexibility index (Phi) is 4.59. The quantitative estimate of drug-likeness (QED) is 0.647. The number of benzene rings is 3. The van der Waals surface area contributed by atoms with Gasteiger partial charge >= 0.3 is 0 Å². The first-order valence-electron chi connectivity index (χ1n) is 7.85. The van der Waals surface area contributed by atoms with Crippen molar-refractivity contribution in [2.75, 3.05) is 6.61 Å². The van der Waals surface area contributed by atoms with Gasteiger partial charge < -0.3 is 4.74 Å². The van der Waals surface area contributed by atoms with E-state index in [0.717, 1.165) is 22.3 Å². The monoisotopic (exact) mass is 301 g/mol. The van der Waals surface area contributed by atoms with Gasteiger partial charge in [-0.15, -0.1) is 0 Å². The summed E-state index contributed by atoms with van der Waals surface area (Å²) in [6.45, 7) is 2.58. The minimum absolute atomic E-state index is 0.133. The van der Waals surface area contributed by atoms with Crippen LogP contribution in [-0.2, 0) is 0 Å². The van der Waals surface area contributed by atoms with Crippen molar-refractivity contribution < 1.29 is 4.74 Å². The molecule has 23 heavy (non-hydrogen) atoms. The van der Waals surface area contributed by atoms with Gasteiger partial charge in [0.05, 0.1) is 18.6 Å². The van der Waals surface area contributed by atoms with E-state index in [-0.39, 0.29) is 5.92 Å². The number of hydrogen-bond donors (Lipinski definition) is 0. The molecule has 2 nitrogen and oxygen atoms in total. The van der Waals surface area contributed by atoms with Crippen molar-refractivity contribution in [3.8, 4) is 11.8 Å². The molecule has 0 saturated carbocycles. The number of nitriles is 1. The van der Waals surface area contributed by atoms with Crippen molar-refractivity contribution >= 4 is 10.8 Å². The number of fused-ring (bicyclic) bond motifs is 1. The third kappa shape index (κ3) is 3.35. The van der Waals surface area contributed by atoms with E-state index in [1.54, 1.807) is 0 Å². The average Bonchev–Trinajstić information content (AvgIpc) is 2.60. The molecule has 0 aromatic heterocycles. The molecule has 3 aromatic carbocycles. The maximum atomic E-state index is 9.47. The van der Waals surface area contributed by atoms with Gasteiger partial charge in [-0.3, -0.25) is 0 Å².